The van der Waals surface area contributed by atoms with Gasteiger partial charge in [-0.2, -0.15) is 5.21 Å². The van der Waals surface area contributed by atoms with Gasteiger partial charge in [0.15, 0.2) is 0 Å². The quantitative estimate of drug-likeness (QED) is 0.588. The number of fused-ring (bicyclic) bond motifs is 1. The number of carbonyl (C=O) groups excluding carboxylic acids is 1. The van der Waals surface area contributed by atoms with Crippen LogP contribution in [0.2, 0.25) is 0 Å². The lowest BCUT2D eigenvalue weighted by Crippen LogP contribution is -2.20. The molecule has 0 saturated carbocycles. The lowest BCUT2D eigenvalue weighted by atomic mass is 9.96. The summed E-state index contributed by atoms with van der Waals surface area (Å²) in [6.07, 6.45) is 4.19. The second kappa shape index (κ2) is 6.56. The zero-order valence-corrected chi connectivity index (χ0v) is 13.3. The number of nitrogens with one attached hydrogen (secondary N) is 2. The Morgan fingerprint density at radius 3 is 2.68 bits per heavy atom. The molecule has 0 spiro atoms. The Hall–Kier alpha value is -3.48. The molecule has 124 valence electrons. The Morgan fingerprint density at radius 1 is 1.08 bits per heavy atom. The van der Waals surface area contributed by atoms with Crippen molar-refractivity contribution in [3.8, 4) is 0 Å². The van der Waals surface area contributed by atoms with Gasteiger partial charge in [0.1, 0.15) is 0 Å². The van der Waals surface area contributed by atoms with Crippen LogP contribution in [0, 0.1) is 0 Å². The van der Waals surface area contributed by atoms with Gasteiger partial charge in [0.25, 0.3) is 5.95 Å². The smallest absolute Gasteiger partial charge is 0.269 e. The number of tetrazole rings is 1. The molecular weight excluding hydrogens is 316 g/mol. The summed E-state index contributed by atoms with van der Waals surface area (Å²) in [6.45, 7) is 0. The Bertz CT molecular complexity index is 973. The van der Waals surface area contributed by atoms with Crippen molar-refractivity contribution in [2.24, 2.45) is 0 Å². The van der Waals surface area contributed by atoms with Crippen molar-refractivity contribution in [1.29, 1.82) is 0 Å². The van der Waals surface area contributed by atoms with Crippen LogP contribution in [0.25, 0.3) is 10.8 Å². The summed E-state index contributed by atoms with van der Waals surface area (Å²) in [6, 6.07) is 18.1. The molecule has 0 saturated heterocycles. The van der Waals surface area contributed by atoms with E-state index in [2.05, 4.69) is 50.2 Å². The van der Waals surface area contributed by atoms with Gasteiger partial charge < -0.3 is 4.57 Å². The minimum absolute atomic E-state index is 0.131. The predicted octanol–water partition coefficient (Wildman–Crippen LogP) is 2.77. The van der Waals surface area contributed by atoms with Gasteiger partial charge in [-0.25, -0.2) is 0 Å². The number of aromatic nitrogens is 5. The third kappa shape index (κ3) is 3.12. The number of aromatic amines is 1. The molecule has 2 heterocycles. The molecule has 4 aromatic rings. The van der Waals surface area contributed by atoms with E-state index in [4.69, 9.17) is 0 Å². The van der Waals surface area contributed by atoms with Gasteiger partial charge in [0, 0.05) is 12.4 Å². The number of H-pyrrole nitrogens is 1. The molecule has 25 heavy (non-hydrogen) atoms. The number of carbonyl (C=O) groups is 1. The molecule has 0 aliphatic heterocycles. The highest BCUT2D eigenvalue weighted by Crippen LogP contribution is 2.29. The van der Waals surface area contributed by atoms with E-state index in [0.29, 0.717) is 0 Å². The highest BCUT2D eigenvalue weighted by Gasteiger charge is 2.20. The topological polar surface area (TPSA) is 88.5 Å². The Labute approximate surface area is 143 Å². The van der Waals surface area contributed by atoms with Crippen molar-refractivity contribution in [2.75, 3.05) is 5.32 Å². The summed E-state index contributed by atoms with van der Waals surface area (Å²) in [5.41, 5.74) is 1.09. The lowest BCUT2D eigenvalue weighted by Gasteiger charge is -2.20. The molecule has 7 heteroatoms. The fourth-order valence-electron chi connectivity index (χ4n) is 3.04. The maximum absolute atomic E-state index is 12.5. The summed E-state index contributed by atoms with van der Waals surface area (Å²) >= 11 is 0. The Kier molecular flexibility index (Phi) is 3.96. The van der Waals surface area contributed by atoms with Crippen molar-refractivity contribution in [1.82, 2.24) is 25.2 Å². The summed E-state index contributed by atoms with van der Waals surface area (Å²) in [5, 5.41) is 18.2. The van der Waals surface area contributed by atoms with Crippen LogP contribution < -0.4 is 5.32 Å². The van der Waals surface area contributed by atoms with Gasteiger partial charge in [-0.1, -0.05) is 47.6 Å². The Morgan fingerprint density at radius 2 is 1.88 bits per heavy atom. The van der Waals surface area contributed by atoms with Crippen LogP contribution in [0.3, 0.4) is 0 Å². The molecule has 7 nitrogen and oxygen atoms in total. The van der Waals surface area contributed by atoms with Crippen LogP contribution in [0.1, 0.15) is 18.0 Å². The average Bonchev–Trinajstić information content (AvgIpc) is 3.33. The van der Waals surface area contributed by atoms with Gasteiger partial charge in [-0.3, -0.25) is 10.1 Å². The zero-order valence-electron chi connectivity index (χ0n) is 13.3. The first-order chi connectivity index (χ1) is 12.3. The van der Waals surface area contributed by atoms with Crippen LogP contribution in [0.15, 0.2) is 67.0 Å². The number of amides is 1. The maximum Gasteiger partial charge on any atom is 0.269 e. The average molecular weight is 332 g/mol. The third-order valence-corrected chi connectivity index (χ3v) is 4.15. The molecule has 2 aromatic carbocycles. The molecule has 0 unspecified atom stereocenters. The second-order valence-electron chi connectivity index (χ2n) is 5.70. The highest BCUT2D eigenvalue weighted by atomic mass is 16.1. The summed E-state index contributed by atoms with van der Waals surface area (Å²) < 4.78 is 2.04. The van der Waals surface area contributed by atoms with Crippen LogP contribution in [0.5, 0.6) is 0 Å². The van der Waals surface area contributed by atoms with E-state index in [9.17, 15) is 4.79 Å². The molecule has 0 aliphatic carbocycles. The van der Waals surface area contributed by atoms with E-state index in [0.717, 1.165) is 16.3 Å². The van der Waals surface area contributed by atoms with Gasteiger partial charge in [0.2, 0.25) is 5.91 Å². The number of benzene rings is 2. The van der Waals surface area contributed by atoms with Gasteiger partial charge in [0.05, 0.1) is 12.5 Å². The first-order valence-electron chi connectivity index (χ1n) is 7.94. The van der Waals surface area contributed by atoms with Crippen molar-refractivity contribution < 1.29 is 4.79 Å². The standard InChI is InChI=1S/C18H16N6O/c25-17(19-18-20-22-23-21-18)12-16(24-10-3-4-11-24)15-9-5-7-13-6-1-2-8-14(13)15/h1-11,16H,12H2,(H2,19,20,21,22,23,25)/t16-/m0/s1. The molecular formula is C18H16N6O. The minimum Gasteiger partial charge on any atom is -0.346 e. The number of hydrogen-bond donors (Lipinski definition) is 2. The Balaban J connectivity index is 1.70. The van der Waals surface area contributed by atoms with E-state index in [-0.39, 0.29) is 24.3 Å². The fourth-order valence-corrected chi connectivity index (χ4v) is 3.04. The van der Waals surface area contributed by atoms with E-state index in [1.807, 2.05) is 47.3 Å². The zero-order chi connectivity index (χ0) is 17.1. The summed E-state index contributed by atoms with van der Waals surface area (Å²) in [7, 11) is 0. The lowest BCUT2D eigenvalue weighted by molar-refractivity contribution is -0.116. The third-order valence-electron chi connectivity index (χ3n) is 4.15. The summed E-state index contributed by atoms with van der Waals surface area (Å²) in [4.78, 5) is 12.5. The monoisotopic (exact) mass is 332 g/mol. The SMILES string of the molecule is O=C(C[C@@H](c1cccc2ccccc12)n1cccc1)Nc1nn[nH]n1. The van der Waals surface area contributed by atoms with Crippen LogP contribution in [-0.2, 0) is 4.79 Å². The second-order valence-corrected chi connectivity index (χ2v) is 5.70. The molecule has 4 rings (SSSR count). The number of hydrogen-bond acceptors (Lipinski definition) is 4. The first kappa shape index (κ1) is 15.1. The molecule has 0 radical (unpaired) electrons. The number of nitrogens with zero attached hydrogens (tertiary/aromatic N) is 4. The normalized spacial score (nSPS) is 12.2. The van der Waals surface area contributed by atoms with E-state index in [1.54, 1.807) is 0 Å². The van der Waals surface area contributed by atoms with Crippen molar-refractivity contribution >= 4 is 22.6 Å². The largest absolute Gasteiger partial charge is 0.346 e. The molecule has 1 atom stereocenters. The van der Waals surface area contributed by atoms with Crippen molar-refractivity contribution in [3.05, 3.63) is 72.6 Å². The molecule has 0 bridgehead atoms. The molecule has 1 amide bonds. The van der Waals surface area contributed by atoms with Crippen LogP contribution >= 0.6 is 0 Å². The molecule has 2 N–H and O–H groups in total. The number of anilines is 1. The predicted molar refractivity (Wildman–Crippen MR) is 93.9 cm³/mol. The minimum atomic E-state index is -0.173. The van der Waals surface area contributed by atoms with E-state index >= 15 is 0 Å². The van der Waals surface area contributed by atoms with Crippen LogP contribution in [-0.4, -0.2) is 31.1 Å². The van der Waals surface area contributed by atoms with Gasteiger partial charge in [-0.05, 0) is 33.7 Å². The van der Waals surface area contributed by atoms with Crippen molar-refractivity contribution in [3.63, 3.8) is 0 Å². The summed E-state index contributed by atoms with van der Waals surface area (Å²) in [5.74, 6) is 0.00205. The molecule has 0 aliphatic rings. The fraction of sp³-hybridized carbons (Fsp3) is 0.111. The molecule has 2 aromatic heterocycles. The van der Waals surface area contributed by atoms with Crippen LogP contribution in [0.4, 0.5) is 5.95 Å². The maximum atomic E-state index is 12.5. The first-order valence-corrected chi connectivity index (χ1v) is 7.94. The van der Waals surface area contributed by atoms with Gasteiger partial charge >= 0.3 is 0 Å². The number of rotatable bonds is 5. The highest BCUT2D eigenvalue weighted by molar-refractivity contribution is 5.91. The van der Waals surface area contributed by atoms with E-state index < -0.39 is 0 Å². The molecule has 0 fully saturated rings. The van der Waals surface area contributed by atoms with Gasteiger partial charge in [-0.15, -0.1) is 5.10 Å². The van der Waals surface area contributed by atoms with E-state index in [1.165, 1.54) is 0 Å². The van der Waals surface area contributed by atoms with Crippen molar-refractivity contribution in [2.45, 2.75) is 12.5 Å².